The number of benzene rings is 2. The first kappa shape index (κ1) is 11.8. The van der Waals surface area contributed by atoms with Crippen molar-refractivity contribution in [2.45, 2.75) is 30.4 Å². The van der Waals surface area contributed by atoms with E-state index in [1.54, 1.807) is 6.07 Å². The molecule has 0 atom stereocenters. The van der Waals surface area contributed by atoms with Crippen molar-refractivity contribution in [1.29, 1.82) is 0 Å². The molecular formula is C16H15FS. The van der Waals surface area contributed by atoms with E-state index in [9.17, 15) is 4.39 Å². The molecule has 1 aliphatic heterocycles. The van der Waals surface area contributed by atoms with Crippen molar-refractivity contribution < 1.29 is 4.39 Å². The summed E-state index contributed by atoms with van der Waals surface area (Å²) in [7, 11) is 0. The minimum atomic E-state index is -0.0530. The Morgan fingerprint density at radius 2 is 1.94 bits per heavy atom. The van der Waals surface area contributed by atoms with E-state index in [4.69, 9.17) is 0 Å². The molecule has 0 nitrogen and oxygen atoms in total. The summed E-state index contributed by atoms with van der Waals surface area (Å²) in [6.45, 7) is 2.03. The average Bonchev–Trinajstić information content (AvgIpc) is 2.58. The molecule has 2 aromatic rings. The molecule has 2 heteroatoms. The van der Waals surface area contributed by atoms with Crippen molar-refractivity contribution in [3.8, 4) is 0 Å². The molecule has 0 saturated heterocycles. The second-order valence-corrected chi connectivity index (χ2v) is 5.61. The molecule has 0 aliphatic carbocycles. The van der Waals surface area contributed by atoms with Crippen molar-refractivity contribution in [1.82, 2.24) is 0 Å². The molecule has 2 aromatic carbocycles. The second kappa shape index (κ2) is 4.77. The summed E-state index contributed by atoms with van der Waals surface area (Å²) in [4.78, 5) is 1.33. The van der Waals surface area contributed by atoms with Gasteiger partial charge in [-0.3, -0.25) is 0 Å². The molecule has 18 heavy (non-hydrogen) atoms. The first-order valence-electron chi connectivity index (χ1n) is 6.29. The summed E-state index contributed by atoms with van der Waals surface area (Å²) in [5, 5.41) is 0. The van der Waals surface area contributed by atoms with Gasteiger partial charge in [-0.15, -0.1) is 11.8 Å². The summed E-state index contributed by atoms with van der Waals surface area (Å²) in [6.07, 6.45) is 1.69. The zero-order chi connectivity index (χ0) is 12.5. The third-order valence-corrected chi connectivity index (χ3v) is 4.69. The Balaban J connectivity index is 2.12. The van der Waals surface area contributed by atoms with Crippen molar-refractivity contribution in [3.05, 3.63) is 64.5 Å². The van der Waals surface area contributed by atoms with Crippen molar-refractivity contribution in [2.24, 2.45) is 0 Å². The predicted octanol–water partition coefficient (Wildman–Crippen LogP) is 4.58. The van der Waals surface area contributed by atoms with Gasteiger partial charge in [-0.1, -0.05) is 31.2 Å². The van der Waals surface area contributed by atoms with Crippen LogP contribution in [0.3, 0.4) is 0 Å². The van der Waals surface area contributed by atoms with E-state index in [0.717, 1.165) is 24.2 Å². The Morgan fingerprint density at radius 1 is 1.11 bits per heavy atom. The third-order valence-electron chi connectivity index (χ3n) is 3.55. The summed E-state index contributed by atoms with van der Waals surface area (Å²) < 4.78 is 13.8. The van der Waals surface area contributed by atoms with E-state index in [1.807, 2.05) is 24.8 Å². The first-order chi connectivity index (χ1) is 8.79. The highest BCUT2D eigenvalue weighted by Gasteiger charge is 2.17. The van der Waals surface area contributed by atoms with Gasteiger partial charge in [-0.05, 0) is 47.2 Å². The van der Waals surface area contributed by atoms with Crippen LogP contribution < -0.4 is 0 Å². The van der Waals surface area contributed by atoms with Crippen LogP contribution >= 0.6 is 11.8 Å². The van der Waals surface area contributed by atoms with Gasteiger partial charge < -0.3 is 0 Å². The van der Waals surface area contributed by atoms with E-state index in [-0.39, 0.29) is 5.82 Å². The van der Waals surface area contributed by atoms with Crippen LogP contribution in [0.5, 0.6) is 0 Å². The summed E-state index contributed by atoms with van der Waals surface area (Å²) >= 11 is 1.82. The molecule has 0 radical (unpaired) electrons. The first-order valence-corrected chi connectivity index (χ1v) is 7.28. The average molecular weight is 258 g/mol. The van der Waals surface area contributed by atoms with Gasteiger partial charge in [-0.2, -0.15) is 0 Å². The molecule has 1 aliphatic rings. The summed E-state index contributed by atoms with van der Waals surface area (Å²) in [5.74, 6) is 0.829. The van der Waals surface area contributed by atoms with Crippen LogP contribution in [0.2, 0.25) is 0 Å². The largest absolute Gasteiger partial charge is 0.207 e. The number of fused-ring (bicyclic) bond motifs is 2. The number of thioether (sulfide) groups is 1. The monoisotopic (exact) mass is 258 g/mol. The van der Waals surface area contributed by atoms with Crippen LogP contribution in [0, 0.1) is 5.82 Å². The zero-order valence-corrected chi connectivity index (χ0v) is 11.2. The second-order valence-electron chi connectivity index (χ2n) is 4.59. The smallest absolute Gasteiger partial charge is 0.126 e. The van der Waals surface area contributed by atoms with E-state index < -0.39 is 0 Å². The lowest BCUT2D eigenvalue weighted by atomic mass is 9.95. The standard InChI is InChI=1S/C16H15FS/c1-2-13-14-10-18-16-6-4-3-5-12(16)9-11(14)7-8-15(13)17/h3-8H,2,9-10H2,1H3. The van der Waals surface area contributed by atoms with Gasteiger partial charge in [0, 0.05) is 10.6 Å². The Bertz CT molecular complexity index is 590. The number of halogens is 1. The zero-order valence-electron chi connectivity index (χ0n) is 10.4. The molecule has 0 aromatic heterocycles. The van der Waals surface area contributed by atoms with Crippen LogP contribution in [-0.2, 0) is 18.6 Å². The van der Waals surface area contributed by atoms with Crippen LogP contribution in [0.25, 0.3) is 0 Å². The van der Waals surface area contributed by atoms with Gasteiger partial charge in [0.2, 0.25) is 0 Å². The van der Waals surface area contributed by atoms with Crippen molar-refractivity contribution in [2.75, 3.05) is 0 Å². The summed E-state index contributed by atoms with van der Waals surface area (Å²) in [6, 6.07) is 12.1. The lowest BCUT2D eigenvalue weighted by molar-refractivity contribution is 0.609. The van der Waals surface area contributed by atoms with E-state index in [0.29, 0.717) is 0 Å². The van der Waals surface area contributed by atoms with Crippen LogP contribution in [0.4, 0.5) is 4.39 Å². The van der Waals surface area contributed by atoms with Crippen LogP contribution in [0.15, 0.2) is 41.3 Å². The molecular weight excluding hydrogens is 243 g/mol. The Morgan fingerprint density at radius 3 is 2.78 bits per heavy atom. The highest BCUT2D eigenvalue weighted by molar-refractivity contribution is 7.98. The SMILES string of the molecule is CCc1c(F)ccc2c1CSc1ccccc1C2. The van der Waals surface area contributed by atoms with E-state index in [1.165, 1.54) is 21.6 Å². The highest BCUT2D eigenvalue weighted by atomic mass is 32.2. The number of rotatable bonds is 1. The fraction of sp³-hybridized carbons (Fsp3) is 0.250. The Labute approximate surface area is 111 Å². The van der Waals surface area contributed by atoms with E-state index >= 15 is 0 Å². The minimum Gasteiger partial charge on any atom is -0.207 e. The topological polar surface area (TPSA) is 0 Å². The van der Waals surface area contributed by atoms with Crippen LogP contribution in [0.1, 0.15) is 29.2 Å². The van der Waals surface area contributed by atoms with Gasteiger partial charge in [0.15, 0.2) is 0 Å². The van der Waals surface area contributed by atoms with Gasteiger partial charge >= 0.3 is 0 Å². The predicted molar refractivity (Wildman–Crippen MR) is 74.6 cm³/mol. The highest BCUT2D eigenvalue weighted by Crippen LogP contribution is 2.35. The molecule has 3 rings (SSSR count). The fourth-order valence-corrected chi connectivity index (χ4v) is 3.75. The molecule has 0 saturated carbocycles. The lowest BCUT2D eigenvalue weighted by Gasteiger charge is -2.11. The maximum atomic E-state index is 13.8. The molecule has 0 fully saturated rings. The molecule has 0 amide bonds. The van der Waals surface area contributed by atoms with E-state index in [2.05, 4.69) is 24.3 Å². The normalized spacial score (nSPS) is 13.7. The third kappa shape index (κ3) is 1.95. The summed E-state index contributed by atoms with van der Waals surface area (Å²) in [5.41, 5.74) is 4.74. The van der Waals surface area contributed by atoms with Crippen molar-refractivity contribution >= 4 is 11.8 Å². The van der Waals surface area contributed by atoms with Gasteiger partial charge in [0.1, 0.15) is 5.82 Å². The molecule has 0 spiro atoms. The quantitative estimate of drug-likeness (QED) is 0.721. The molecule has 1 heterocycles. The van der Waals surface area contributed by atoms with Gasteiger partial charge in [0.25, 0.3) is 0 Å². The molecule has 0 N–H and O–H groups in total. The molecule has 0 bridgehead atoms. The molecule has 0 unspecified atom stereocenters. The minimum absolute atomic E-state index is 0.0530. The van der Waals surface area contributed by atoms with Crippen LogP contribution in [-0.4, -0.2) is 0 Å². The Kier molecular flexibility index (Phi) is 3.13. The Hall–Kier alpha value is -1.28. The maximum Gasteiger partial charge on any atom is 0.126 e. The lowest BCUT2D eigenvalue weighted by Crippen LogP contribution is -2.00. The fourth-order valence-electron chi connectivity index (χ4n) is 2.59. The maximum absolute atomic E-state index is 13.8. The number of hydrogen-bond acceptors (Lipinski definition) is 1. The number of hydrogen-bond donors (Lipinski definition) is 0. The van der Waals surface area contributed by atoms with Gasteiger partial charge in [-0.25, -0.2) is 4.39 Å². The van der Waals surface area contributed by atoms with Gasteiger partial charge in [0.05, 0.1) is 0 Å². The molecule has 92 valence electrons. The van der Waals surface area contributed by atoms with Crippen molar-refractivity contribution in [3.63, 3.8) is 0 Å².